The molecule has 7 rings (SSSR count). The summed E-state index contributed by atoms with van der Waals surface area (Å²) in [6, 6.07) is 0. The van der Waals surface area contributed by atoms with Crippen molar-refractivity contribution in [1.82, 2.24) is 0 Å². The number of carbonyl (C=O) groups excluding carboxylic acids is 1. The van der Waals surface area contributed by atoms with E-state index in [-0.39, 0.29) is 62.6 Å². The van der Waals surface area contributed by atoms with Crippen molar-refractivity contribution in [2.45, 2.75) is 227 Å². The van der Waals surface area contributed by atoms with Crippen molar-refractivity contribution in [3.05, 3.63) is 60.3 Å². The molecule has 0 amide bonds. The number of rotatable bonds is 17. The van der Waals surface area contributed by atoms with Gasteiger partial charge in [-0.05, 0) is 113 Å². The van der Waals surface area contributed by atoms with Crippen LogP contribution in [0.5, 0.6) is 0 Å². The van der Waals surface area contributed by atoms with Gasteiger partial charge in [0.15, 0.2) is 17.2 Å². The van der Waals surface area contributed by atoms with Gasteiger partial charge in [0.1, 0.15) is 31.0 Å². The zero-order chi connectivity index (χ0) is 49.2. The van der Waals surface area contributed by atoms with Crippen molar-refractivity contribution in [3.63, 3.8) is 0 Å². The smallest absolute Gasteiger partial charge is 0.338 e. The maximum Gasteiger partial charge on any atom is 0.338 e. The number of hydrogen-bond donors (Lipinski definition) is 6. The molecule has 15 nitrogen and oxygen atoms in total. The molecule has 0 aliphatic carbocycles. The van der Waals surface area contributed by atoms with E-state index in [0.29, 0.717) is 74.0 Å². The highest BCUT2D eigenvalue weighted by molar-refractivity contribution is 5.78. The summed E-state index contributed by atoms with van der Waals surface area (Å²) in [7, 11) is 0. The summed E-state index contributed by atoms with van der Waals surface area (Å²) in [6.07, 6.45) is 8.46. The van der Waals surface area contributed by atoms with Crippen LogP contribution in [-0.4, -0.2) is 147 Å². The molecule has 6 N–H and O–H groups in total. The molecule has 15 heteroatoms. The summed E-state index contributed by atoms with van der Waals surface area (Å²) in [5.41, 5.74) is 0.398. The Bertz CT molecular complexity index is 1840. The second kappa shape index (κ2) is 22.2. The molecule has 0 aromatic rings. The van der Waals surface area contributed by atoms with Crippen LogP contribution in [0.3, 0.4) is 0 Å². The number of aliphatic hydroxyl groups is 6. The molecular formula is C53H82O15. The number of aliphatic hydroxyl groups excluding tert-OH is 5. The summed E-state index contributed by atoms with van der Waals surface area (Å²) in [4.78, 5) is 13.1. The number of fused-ring (bicyclic) bond motifs is 1. The van der Waals surface area contributed by atoms with E-state index in [4.69, 9.17) is 43.0 Å². The van der Waals surface area contributed by atoms with Crippen LogP contribution in [0.4, 0.5) is 0 Å². The van der Waals surface area contributed by atoms with E-state index in [2.05, 4.69) is 39.7 Å². The van der Waals surface area contributed by atoms with Crippen molar-refractivity contribution in [2.75, 3.05) is 19.8 Å². The Labute approximate surface area is 403 Å². The van der Waals surface area contributed by atoms with Crippen LogP contribution in [-0.2, 0) is 42.7 Å². The predicted octanol–water partition coefficient (Wildman–Crippen LogP) is 5.92. The number of ether oxygens (including phenoxy) is 8. The first-order valence-corrected chi connectivity index (χ1v) is 25.5. The average Bonchev–Trinajstić information content (AvgIpc) is 3.69. The van der Waals surface area contributed by atoms with Crippen molar-refractivity contribution in [1.29, 1.82) is 0 Å². The summed E-state index contributed by atoms with van der Waals surface area (Å²) >= 11 is 0. The molecule has 6 saturated heterocycles. The molecule has 18 unspecified atom stereocenters. The monoisotopic (exact) mass is 959 g/mol. The van der Waals surface area contributed by atoms with Crippen molar-refractivity contribution in [2.24, 2.45) is 17.8 Å². The van der Waals surface area contributed by atoms with Gasteiger partial charge in [0.2, 0.25) is 5.79 Å². The Morgan fingerprint density at radius 3 is 2.47 bits per heavy atom. The van der Waals surface area contributed by atoms with Crippen LogP contribution in [0.1, 0.15) is 137 Å². The van der Waals surface area contributed by atoms with E-state index < -0.39 is 77.8 Å². The van der Waals surface area contributed by atoms with Crippen molar-refractivity contribution >= 4 is 5.97 Å². The molecule has 0 aromatic carbocycles. The first-order chi connectivity index (χ1) is 32.2. The molecule has 0 radical (unpaired) electrons. The molecule has 0 saturated carbocycles. The van der Waals surface area contributed by atoms with Gasteiger partial charge in [-0.2, -0.15) is 0 Å². The third kappa shape index (κ3) is 12.3. The lowest BCUT2D eigenvalue weighted by Crippen LogP contribution is -2.60. The molecule has 7 aliphatic rings. The van der Waals surface area contributed by atoms with Crippen LogP contribution >= 0.6 is 0 Å². The number of carbonyl (C=O) groups is 1. The molecule has 7 aliphatic heterocycles. The SMILES string of the molecule is C=C(COC(=O)C(C)(O)CC1CCC(O)C2(C=C(C)CC(C(C)C=CC3CCC4(CCC5OC(C(O)CC(C)C6OC7(CCCCO7)CCC6C)C(=C)C(O)C5O4)O3)O2)O1)CC(=C)C(O)CCO. The van der Waals surface area contributed by atoms with Gasteiger partial charge >= 0.3 is 5.97 Å². The van der Waals surface area contributed by atoms with E-state index in [9.17, 15) is 30.3 Å². The molecule has 18 atom stereocenters. The summed E-state index contributed by atoms with van der Waals surface area (Å²) in [5.74, 6) is -3.48. The molecule has 0 aromatic heterocycles. The molecule has 6 fully saturated rings. The van der Waals surface area contributed by atoms with E-state index in [1.165, 1.54) is 6.92 Å². The Balaban J connectivity index is 0.889. The Kier molecular flexibility index (Phi) is 17.4. The minimum Gasteiger partial charge on any atom is -0.459 e. The number of esters is 1. The van der Waals surface area contributed by atoms with Gasteiger partial charge in [0, 0.05) is 51.0 Å². The van der Waals surface area contributed by atoms with E-state index >= 15 is 0 Å². The van der Waals surface area contributed by atoms with Crippen LogP contribution in [0, 0.1) is 17.8 Å². The zero-order valence-corrected chi connectivity index (χ0v) is 41.2. The fourth-order valence-corrected chi connectivity index (χ4v) is 11.7. The Morgan fingerprint density at radius 1 is 0.985 bits per heavy atom. The molecule has 7 heterocycles. The van der Waals surface area contributed by atoms with Crippen LogP contribution in [0.2, 0.25) is 0 Å². The third-order valence-corrected chi connectivity index (χ3v) is 15.7. The van der Waals surface area contributed by atoms with Gasteiger partial charge in [-0.3, -0.25) is 0 Å². The first kappa shape index (κ1) is 53.4. The van der Waals surface area contributed by atoms with Gasteiger partial charge in [-0.15, -0.1) is 0 Å². The maximum atomic E-state index is 13.1. The molecule has 384 valence electrons. The minimum atomic E-state index is -1.91. The zero-order valence-electron chi connectivity index (χ0n) is 41.2. The normalized spacial score (nSPS) is 40.3. The van der Waals surface area contributed by atoms with Crippen LogP contribution in [0.15, 0.2) is 60.3 Å². The standard InChI is InChI=1S/C53H82O15/c1-31-26-43(66-53(28-31)44(57)14-13-39(65-53)29-50(8,60)49(59)61-30-32(2)25-35(5)40(55)18-23-54)33(3)11-12-38-16-21-52(64-38)22-17-42-48(68-52)45(58)37(7)47(63-42)41(56)27-36(6)46-34(4)15-20-51(67-46)19-9-10-24-62-51/h11-12,28,33-34,36,38-48,54-58,60H,2,5,7,9-10,13-27,29-30H2,1,3-4,6,8H3. The second-order valence-electron chi connectivity index (χ2n) is 21.8. The predicted molar refractivity (Wildman–Crippen MR) is 252 cm³/mol. The van der Waals surface area contributed by atoms with E-state index in [1.807, 2.05) is 19.9 Å². The lowest BCUT2D eigenvalue weighted by Gasteiger charge is -2.50. The first-order valence-electron chi connectivity index (χ1n) is 25.5. The Hall–Kier alpha value is -2.35. The number of hydrogen-bond acceptors (Lipinski definition) is 15. The lowest BCUT2D eigenvalue weighted by molar-refractivity contribution is -0.321. The van der Waals surface area contributed by atoms with Crippen LogP contribution < -0.4 is 0 Å². The molecule has 0 bridgehead atoms. The largest absolute Gasteiger partial charge is 0.459 e. The topological polar surface area (TPSA) is 212 Å². The van der Waals surface area contributed by atoms with E-state index in [1.54, 1.807) is 6.08 Å². The van der Waals surface area contributed by atoms with Gasteiger partial charge in [-0.25, -0.2) is 4.79 Å². The van der Waals surface area contributed by atoms with Crippen molar-refractivity contribution in [3.8, 4) is 0 Å². The van der Waals surface area contributed by atoms with Gasteiger partial charge in [0.05, 0.1) is 49.3 Å². The van der Waals surface area contributed by atoms with Crippen LogP contribution in [0.25, 0.3) is 0 Å². The maximum absolute atomic E-state index is 13.1. The average molecular weight is 959 g/mol. The fourth-order valence-electron chi connectivity index (χ4n) is 11.7. The molecular weight excluding hydrogens is 877 g/mol. The van der Waals surface area contributed by atoms with Gasteiger partial charge < -0.3 is 68.5 Å². The highest BCUT2D eigenvalue weighted by Gasteiger charge is 2.55. The molecule has 68 heavy (non-hydrogen) atoms. The summed E-state index contributed by atoms with van der Waals surface area (Å²) < 4.78 is 51.1. The fraction of sp³-hybridized carbons (Fsp3) is 0.792. The summed E-state index contributed by atoms with van der Waals surface area (Å²) in [5, 5.41) is 65.0. The van der Waals surface area contributed by atoms with Gasteiger partial charge in [-0.1, -0.05) is 58.2 Å². The quantitative estimate of drug-likeness (QED) is 0.0739. The second-order valence-corrected chi connectivity index (χ2v) is 21.8. The van der Waals surface area contributed by atoms with Gasteiger partial charge in [0.25, 0.3) is 0 Å². The third-order valence-electron chi connectivity index (χ3n) is 15.7. The lowest BCUT2D eigenvalue weighted by atomic mass is 9.79. The molecule has 3 spiro atoms. The Morgan fingerprint density at radius 2 is 1.74 bits per heavy atom. The van der Waals surface area contributed by atoms with Crippen molar-refractivity contribution < 1.29 is 73.3 Å². The highest BCUT2D eigenvalue weighted by Crippen LogP contribution is 2.48. The highest BCUT2D eigenvalue weighted by atomic mass is 16.7. The minimum absolute atomic E-state index is 0.0382. The van der Waals surface area contributed by atoms with E-state index in [0.717, 1.165) is 44.3 Å². The summed E-state index contributed by atoms with van der Waals surface area (Å²) in [6.45, 7) is 22.0.